The zero-order chi connectivity index (χ0) is 19.3. The molecular formula is C23H24NO4+. The van der Waals surface area contributed by atoms with Crippen molar-refractivity contribution < 1.29 is 23.9 Å². The van der Waals surface area contributed by atoms with Gasteiger partial charge >= 0.3 is 5.97 Å². The van der Waals surface area contributed by atoms with Gasteiger partial charge < -0.3 is 19.1 Å². The average molecular weight is 378 g/mol. The van der Waals surface area contributed by atoms with Crippen molar-refractivity contribution >= 4 is 5.97 Å². The highest BCUT2D eigenvalue weighted by Crippen LogP contribution is 2.53. The number of epoxide rings is 1. The maximum atomic E-state index is 13.3. The molecule has 3 saturated heterocycles. The van der Waals surface area contributed by atoms with E-state index in [4.69, 9.17) is 9.47 Å². The highest BCUT2D eigenvalue weighted by Gasteiger charge is 2.71. The van der Waals surface area contributed by atoms with E-state index in [9.17, 15) is 9.90 Å². The van der Waals surface area contributed by atoms with E-state index in [2.05, 4.69) is 14.1 Å². The molecule has 3 heterocycles. The lowest BCUT2D eigenvalue weighted by Gasteiger charge is -2.45. The number of morpholine rings is 1. The molecule has 3 aliphatic heterocycles. The molecule has 5 heteroatoms. The third-order valence-electron chi connectivity index (χ3n) is 7.53. The number of carbonyl (C=O) groups excluding carboxylic acids is 1. The van der Waals surface area contributed by atoms with Gasteiger partial charge in [0.05, 0.1) is 14.1 Å². The summed E-state index contributed by atoms with van der Waals surface area (Å²) in [6.07, 6.45) is 2.01. The van der Waals surface area contributed by atoms with Crippen LogP contribution >= 0.6 is 0 Å². The Bertz CT molecular complexity index is 934. The Balaban J connectivity index is 1.33. The molecule has 2 aromatic rings. The van der Waals surface area contributed by atoms with Crippen LogP contribution in [0.15, 0.2) is 48.5 Å². The summed E-state index contributed by atoms with van der Waals surface area (Å²) in [5, 5.41) is 11.6. The van der Waals surface area contributed by atoms with Crippen LogP contribution in [0.3, 0.4) is 0 Å². The lowest BCUT2D eigenvalue weighted by Crippen LogP contribution is -2.60. The van der Waals surface area contributed by atoms with Gasteiger partial charge in [0.25, 0.3) is 0 Å². The van der Waals surface area contributed by atoms with E-state index in [0.717, 1.165) is 28.5 Å². The Hall–Kier alpha value is -2.21. The van der Waals surface area contributed by atoms with Crippen LogP contribution in [0.2, 0.25) is 0 Å². The Morgan fingerprint density at radius 1 is 1.00 bits per heavy atom. The highest BCUT2D eigenvalue weighted by molar-refractivity contribution is 5.96. The molecule has 4 aliphatic rings. The van der Waals surface area contributed by atoms with Crippen molar-refractivity contribution in [3.05, 3.63) is 59.7 Å². The molecule has 1 aliphatic carbocycles. The van der Waals surface area contributed by atoms with Crippen LogP contribution in [-0.2, 0) is 19.9 Å². The molecule has 5 atom stereocenters. The van der Waals surface area contributed by atoms with Gasteiger partial charge in [0, 0.05) is 24.0 Å². The second kappa shape index (κ2) is 5.23. The summed E-state index contributed by atoms with van der Waals surface area (Å²) in [5.74, 6) is -0.559. The fraction of sp³-hybridized carbons (Fsp3) is 0.435. The highest BCUT2D eigenvalue weighted by atomic mass is 16.6. The first kappa shape index (κ1) is 16.7. The topological polar surface area (TPSA) is 59.1 Å². The first-order valence-electron chi connectivity index (χ1n) is 10.0. The first-order chi connectivity index (χ1) is 13.4. The van der Waals surface area contributed by atoms with Crippen LogP contribution in [-0.4, -0.2) is 60.0 Å². The molecular weight excluding hydrogens is 354 g/mol. The van der Waals surface area contributed by atoms with Crippen molar-refractivity contribution in [2.75, 3.05) is 14.1 Å². The minimum Gasteiger partial charge on any atom is -0.459 e. The lowest BCUT2D eigenvalue weighted by atomic mass is 9.91. The fourth-order valence-electron chi connectivity index (χ4n) is 5.97. The molecule has 2 aromatic carbocycles. The molecule has 0 aromatic heterocycles. The third kappa shape index (κ3) is 1.94. The summed E-state index contributed by atoms with van der Waals surface area (Å²) >= 11 is 0. The van der Waals surface area contributed by atoms with E-state index >= 15 is 0 Å². The summed E-state index contributed by atoms with van der Waals surface area (Å²) in [5.41, 5.74) is 1.28. The predicted octanol–water partition coefficient (Wildman–Crippen LogP) is 2.20. The Labute approximate surface area is 164 Å². The van der Waals surface area contributed by atoms with Crippen LogP contribution in [0.5, 0.6) is 0 Å². The minimum absolute atomic E-state index is 0.172. The number of esters is 1. The largest absolute Gasteiger partial charge is 0.459 e. The zero-order valence-corrected chi connectivity index (χ0v) is 16.0. The molecule has 0 saturated carbocycles. The predicted molar refractivity (Wildman–Crippen MR) is 102 cm³/mol. The molecule has 3 unspecified atom stereocenters. The Kier molecular flexibility index (Phi) is 3.12. The van der Waals surface area contributed by atoms with Gasteiger partial charge in [0.2, 0.25) is 5.60 Å². The number of likely N-dealkylation sites (N-methyl/N-ethyl adjacent to an activating group) is 1. The van der Waals surface area contributed by atoms with Crippen LogP contribution < -0.4 is 0 Å². The van der Waals surface area contributed by atoms with Crippen LogP contribution in [0, 0.1) is 0 Å². The normalized spacial score (nSPS) is 34.9. The van der Waals surface area contributed by atoms with Crippen LogP contribution in [0.25, 0.3) is 11.1 Å². The number of ether oxygens (including phenoxy) is 2. The number of quaternary nitrogens is 1. The number of hydrogen-bond donors (Lipinski definition) is 1. The number of nitrogens with zero attached hydrogens (tertiary/aromatic N) is 1. The van der Waals surface area contributed by atoms with Gasteiger partial charge in [-0.2, -0.15) is 0 Å². The fourth-order valence-corrected chi connectivity index (χ4v) is 5.97. The molecule has 0 amide bonds. The van der Waals surface area contributed by atoms with Gasteiger partial charge in [0.1, 0.15) is 30.4 Å². The molecule has 5 nitrogen and oxygen atoms in total. The van der Waals surface area contributed by atoms with Crippen LogP contribution in [0.4, 0.5) is 0 Å². The van der Waals surface area contributed by atoms with Crippen molar-refractivity contribution in [2.24, 2.45) is 0 Å². The minimum atomic E-state index is -1.74. The quantitative estimate of drug-likeness (QED) is 0.495. The van der Waals surface area contributed by atoms with Crippen molar-refractivity contribution in [1.82, 2.24) is 0 Å². The Morgan fingerprint density at radius 3 is 2.04 bits per heavy atom. The standard InChI is InChI=1S/C23H24NO4/c1-24(2)18-11-13(12-19(24)21-20(18)28-21)27-22(25)23(26)16-9-5-3-7-14(16)15-8-4-6-10-17(15)23/h3-10,13,18-21,26H,11-12H2,1-2H3/q+1/t13?,18-,19?,20-,21?/m0/s1. The van der Waals surface area contributed by atoms with Gasteiger partial charge in [-0.05, 0) is 11.1 Å². The second-order valence-corrected chi connectivity index (χ2v) is 9.13. The zero-order valence-electron chi connectivity index (χ0n) is 16.0. The van der Waals surface area contributed by atoms with E-state index < -0.39 is 11.6 Å². The SMILES string of the molecule is C[N+]1(C)C2CC(OC(=O)C3(O)c4ccccc4-c4ccccc43)C[C@H]1[C@@H]1OC21. The van der Waals surface area contributed by atoms with Gasteiger partial charge in [0.15, 0.2) is 0 Å². The van der Waals surface area contributed by atoms with Crippen molar-refractivity contribution in [2.45, 2.75) is 48.8 Å². The molecule has 6 rings (SSSR count). The monoisotopic (exact) mass is 378 g/mol. The number of aliphatic hydroxyl groups is 1. The smallest absolute Gasteiger partial charge is 0.348 e. The van der Waals surface area contributed by atoms with Gasteiger partial charge in [-0.25, -0.2) is 4.79 Å². The van der Waals surface area contributed by atoms with Gasteiger partial charge in [-0.3, -0.25) is 0 Å². The van der Waals surface area contributed by atoms with E-state index in [0.29, 0.717) is 35.4 Å². The summed E-state index contributed by atoms with van der Waals surface area (Å²) < 4.78 is 12.7. The molecule has 0 spiro atoms. The molecule has 1 N–H and O–H groups in total. The van der Waals surface area contributed by atoms with Gasteiger partial charge in [-0.1, -0.05) is 48.5 Å². The van der Waals surface area contributed by atoms with E-state index in [1.807, 2.05) is 48.5 Å². The summed E-state index contributed by atoms with van der Waals surface area (Å²) in [6, 6.07) is 15.8. The molecule has 144 valence electrons. The average Bonchev–Trinajstić information content (AvgIpc) is 3.40. The number of piperidine rings is 1. The van der Waals surface area contributed by atoms with Crippen LogP contribution in [0.1, 0.15) is 24.0 Å². The summed E-state index contributed by atoms with van der Waals surface area (Å²) in [6.45, 7) is 0. The summed E-state index contributed by atoms with van der Waals surface area (Å²) in [7, 11) is 4.50. The van der Waals surface area contributed by atoms with Crippen molar-refractivity contribution in [1.29, 1.82) is 0 Å². The number of fused-ring (bicyclic) bond motifs is 8. The van der Waals surface area contributed by atoms with E-state index in [-0.39, 0.29) is 6.10 Å². The molecule has 3 fully saturated rings. The molecule has 0 radical (unpaired) electrons. The lowest BCUT2D eigenvalue weighted by molar-refractivity contribution is -0.938. The Morgan fingerprint density at radius 2 is 1.50 bits per heavy atom. The van der Waals surface area contributed by atoms with Crippen molar-refractivity contribution in [3.63, 3.8) is 0 Å². The second-order valence-electron chi connectivity index (χ2n) is 9.13. The van der Waals surface area contributed by atoms with Crippen molar-refractivity contribution in [3.8, 4) is 11.1 Å². The van der Waals surface area contributed by atoms with Gasteiger partial charge in [-0.15, -0.1) is 0 Å². The summed E-state index contributed by atoms with van der Waals surface area (Å²) in [4.78, 5) is 13.3. The van der Waals surface area contributed by atoms with E-state index in [1.54, 1.807) is 0 Å². The number of rotatable bonds is 2. The first-order valence-corrected chi connectivity index (χ1v) is 10.0. The number of carbonyl (C=O) groups is 1. The maximum absolute atomic E-state index is 13.3. The number of benzene rings is 2. The molecule has 2 bridgehead atoms. The van der Waals surface area contributed by atoms with E-state index in [1.165, 1.54) is 0 Å². The number of hydrogen-bond acceptors (Lipinski definition) is 4. The third-order valence-corrected chi connectivity index (χ3v) is 7.53. The maximum Gasteiger partial charge on any atom is 0.348 e. The molecule has 28 heavy (non-hydrogen) atoms.